The minimum atomic E-state index is -0.129. The normalized spacial score (nSPS) is 18.4. The quantitative estimate of drug-likeness (QED) is 0.511. The monoisotopic (exact) mass is 435 g/mol. The molecule has 0 amide bonds. The van der Waals surface area contributed by atoms with Crippen LogP contribution >= 0.6 is 11.8 Å². The van der Waals surface area contributed by atoms with Gasteiger partial charge in [0.05, 0.1) is 25.3 Å². The Kier molecular flexibility index (Phi) is 6.42. The Morgan fingerprint density at radius 1 is 1.26 bits per heavy atom. The molecule has 1 N–H and O–H groups in total. The Balaban J connectivity index is 1.93. The summed E-state index contributed by atoms with van der Waals surface area (Å²) in [6, 6.07) is 3.81. The van der Waals surface area contributed by atoms with Crippen LogP contribution < -0.4 is 15.0 Å². The van der Waals surface area contributed by atoms with E-state index in [1.165, 1.54) is 30.2 Å². The molecule has 0 bridgehead atoms. The number of rotatable bonds is 8. The lowest BCUT2D eigenvalue weighted by atomic mass is 9.84. The van der Waals surface area contributed by atoms with Crippen LogP contribution in [0.1, 0.15) is 43.7 Å². The van der Waals surface area contributed by atoms with Crippen LogP contribution in [-0.2, 0) is 0 Å². The summed E-state index contributed by atoms with van der Waals surface area (Å²) in [6.07, 6.45) is 13.1. The molecule has 0 aliphatic heterocycles. The van der Waals surface area contributed by atoms with E-state index in [0.717, 1.165) is 40.1 Å². The average Bonchev–Trinajstić information content (AvgIpc) is 3.63. The van der Waals surface area contributed by atoms with Crippen LogP contribution in [0, 0.1) is 11.8 Å². The maximum Gasteiger partial charge on any atom is 0.257 e. The van der Waals surface area contributed by atoms with E-state index in [-0.39, 0.29) is 5.56 Å². The molecule has 0 radical (unpaired) electrons. The topological polar surface area (TPSA) is 51.3 Å². The minimum absolute atomic E-state index is 0.129. The summed E-state index contributed by atoms with van der Waals surface area (Å²) in [5.41, 5.74) is 3.38. The number of hydrogen-bond donors (Lipinski definition) is 1. The van der Waals surface area contributed by atoms with Crippen LogP contribution in [0.5, 0.6) is 11.5 Å². The zero-order valence-corrected chi connectivity index (χ0v) is 19.2. The second-order valence-corrected chi connectivity index (χ2v) is 9.06. The van der Waals surface area contributed by atoms with E-state index in [1.807, 2.05) is 17.5 Å². The molecule has 4 rings (SSSR count). The number of hydrogen-bond acceptors (Lipinski definition) is 4. The number of thioether (sulfide) groups is 1. The SMILES string of the molecule is C=C(SC=CCC)c1c(C2=CC=CC(C3CC3)C2)c2cc(OC)c(OC)cc2[nH]c1=O. The first kappa shape index (κ1) is 21.6. The Labute approximate surface area is 187 Å². The first-order valence-electron chi connectivity index (χ1n) is 10.8. The molecule has 1 unspecified atom stereocenters. The molecular formula is C26H29NO3S. The molecule has 5 heteroatoms. The molecule has 2 aliphatic rings. The summed E-state index contributed by atoms with van der Waals surface area (Å²) >= 11 is 1.50. The molecule has 1 heterocycles. The number of methoxy groups -OCH3 is 2. The van der Waals surface area contributed by atoms with E-state index in [9.17, 15) is 4.79 Å². The molecule has 2 aromatic rings. The molecule has 1 aromatic heterocycles. The van der Waals surface area contributed by atoms with Crippen molar-refractivity contribution in [3.63, 3.8) is 0 Å². The second-order valence-electron chi connectivity index (χ2n) is 8.06. The summed E-state index contributed by atoms with van der Waals surface area (Å²) < 4.78 is 11.0. The largest absolute Gasteiger partial charge is 0.493 e. The van der Waals surface area contributed by atoms with Gasteiger partial charge < -0.3 is 14.5 Å². The van der Waals surface area contributed by atoms with Crippen molar-refractivity contribution in [1.82, 2.24) is 4.98 Å². The number of nitrogens with one attached hydrogen (secondary N) is 1. The van der Waals surface area contributed by atoms with Crippen molar-refractivity contribution in [2.75, 3.05) is 14.2 Å². The fourth-order valence-electron chi connectivity index (χ4n) is 4.25. The van der Waals surface area contributed by atoms with E-state index in [4.69, 9.17) is 9.47 Å². The van der Waals surface area contributed by atoms with Gasteiger partial charge in [-0.3, -0.25) is 4.79 Å². The van der Waals surface area contributed by atoms with Gasteiger partial charge in [-0.2, -0.15) is 0 Å². The van der Waals surface area contributed by atoms with Gasteiger partial charge in [0.2, 0.25) is 0 Å². The fraction of sp³-hybridized carbons (Fsp3) is 0.346. The molecular weight excluding hydrogens is 406 g/mol. The van der Waals surface area contributed by atoms with Gasteiger partial charge in [-0.15, -0.1) is 0 Å². The highest BCUT2D eigenvalue weighted by Gasteiger charge is 2.32. The van der Waals surface area contributed by atoms with E-state index >= 15 is 0 Å². The maximum atomic E-state index is 13.3. The number of benzene rings is 1. The lowest BCUT2D eigenvalue weighted by Gasteiger charge is -2.22. The molecule has 1 saturated carbocycles. The lowest BCUT2D eigenvalue weighted by Crippen LogP contribution is -2.16. The van der Waals surface area contributed by atoms with E-state index < -0.39 is 0 Å². The van der Waals surface area contributed by atoms with E-state index in [2.05, 4.69) is 42.8 Å². The lowest BCUT2D eigenvalue weighted by molar-refractivity contribution is 0.356. The van der Waals surface area contributed by atoms with Crippen LogP contribution in [0.15, 0.2) is 53.2 Å². The fourth-order valence-corrected chi connectivity index (χ4v) is 5.01. The number of fused-ring (bicyclic) bond motifs is 1. The van der Waals surface area contributed by atoms with Gasteiger partial charge in [-0.1, -0.05) is 49.6 Å². The van der Waals surface area contributed by atoms with Crippen LogP contribution in [0.3, 0.4) is 0 Å². The van der Waals surface area contributed by atoms with Crippen LogP contribution in [0.2, 0.25) is 0 Å². The zero-order valence-electron chi connectivity index (χ0n) is 18.4. The van der Waals surface area contributed by atoms with Gasteiger partial charge in [0.15, 0.2) is 11.5 Å². The summed E-state index contributed by atoms with van der Waals surface area (Å²) in [5, 5.41) is 2.96. The third-order valence-corrected chi connectivity index (χ3v) is 6.82. The van der Waals surface area contributed by atoms with Crippen LogP contribution in [-0.4, -0.2) is 19.2 Å². The van der Waals surface area contributed by atoms with E-state index in [1.54, 1.807) is 14.2 Å². The molecule has 31 heavy (non-hydrogen) atoms. The van der Waals surface area contributed by atoms with Crippen LogP contribution in [0.4, 0.5) is 0 Å². The predicted octanol–water partition coefficient (Wildman–Crippen LogP) is 6.54. The highest BCUT2D eigenvalue weighted by atomic mass is 32.2. The first-order chi connectivity index (χ1) is 15.1. The molecule has 4 nitrogen and oxygen atoms in total. The van der Waals surface area contributed by atoms with Crippen molar-refractivity contribution in [3.8, 4) is 11.5 Å². The molecule has 162 valence electrons. The summed E-state index contributed by atoms with van der Waals surface area (Å²) in [5.74, 6) is 2.53. The first-order valence-corrected chi connectivity index (χ1v) is 11.7. The third-order valence-electron chi connectivity index (χ3n) is 6.00. The van der Waals surface area contributed by atoms with Crippen LogP contribution in [0.25, 0.3) is 21.4 Å². The van der Waals surface area contributed by atoms with Gasteiger partial charge in [0.1, 0.15) is 0 Å². The number of aromatic amines is 1. The smallest absolute Gasteiger partial charge is 0.257 e. The molecule has 1 aromatic carbocycles. The van der Waals surface area contributed by atoms with Crippen molar-refractivity contribution in [1.29, 1.82) is 0 Å². The van der Waals surface area contributed by atoms with Gasteiger partial charge in [0.25, 0.3) is 5.56 Å². The van der Waals surface area contributed by atoms with Crippen molar-refractivity contribution in [3.05, 3.63) is 69.9 Å². The second kappa shape index (κ2) is 9.23. The van der Waals surface area contributed by atoms with Crippen molar-refractivity contribution in [2.24, 2.45) is 11.8 Å². The molecule has 0 saturated heterocycles. The number of pyridine rings is 1. The average molecular weight is 436 g/mol. The van der Waals surface area contributed by atoms with Crippen molar-refractivity contribution >= 4 is 33.1 Å². The Morgan fingerprint density at radius 3 is 2.68 bits per heavy atom. The van der Waals surface area contributed by atoms with Gasteiger partial charge in [0, 0.05) is 21.9 Å². The Bertz CT molecular complexity index is 1150. The summed E-state index contributed by atoms with van der Waals surface area (Å²) in [4.78, 5) is 17.1. The number of allylic oxidation sites excluding steroid dienone is 5. The predicted molar refractivity (Wildman–Crippen MR) is 132 cm³/mol. The Morgan fingerprint density at radius 2 is 2.00 bits per heavy atom. The van der Waals surface area contributed by atoms with Crippen molar-refractivity contribution in [2.45, 2.75) is 32.6 Å². The molecule has 0 spiro atoms. The number of aromatic nitrogens is 1. The summed E-state index contributed by atoms with van der Waals surface area (Å²) in [7, 11) is 3.23. The third kappa shape index (κ3) is 4.38. The number of ether oxygens (including phenoxy) is 2. The highest BCUT2D eigenvalue weighted by Crippen LogP contribution is 2.46. The molecule has 1 fully saturated rings. The minimum Gasteiger partial charge on any atom is -0.493 e. The zero-order chi connectivity index (χ0) is 22.0. The maximum absolute atomic E-state index is 13.3. The Hall–Kier alpha value is -2.66. The van der Waals surface area contributed by atoms with Gasteiger partial charge in [-0.05, 0) is 54.6 Å². The standard InChI is InChI=1S/C26H29NO3S/c1-5-6-12-31-16(2)24-25(19-9-7-8-18(13-19)17-10-11-17)20-14-22(29-3)23(30-4)15-21(20)27-26(24)28/h6-9,12,14-15,17-18H,2,5,10-11,13H2,1,3-4H3,(H,27,28). The van der Waals surface area contributed by atoms with Gasteiger partial charge >= 0.3 is 0 Å². The van der Waals surface area contributed by atoms with Gasteiger partial charge in [-0.25, -0.2) is 0 Å². The molecule has 2 aliphatic carbocycles. The van der Waals surface area contributed by atoms with Crippen molar-refractivity contribution < 1.29 is 9.47 Å². The number of H-pyrrole nitrogens is 1. The molecule has 1 atom stereocenters. The van der Waals surface area contributed by atoms with E-state index in [0.29, 0.717) is 23.0 Å². The summed E-state index contributed by atoms with van der Waals surface area (Å²) in [6.45, 7) is 6.34. The highest BCUT2D eigenvalue weighted by molar-refractivity contribution is 8.10.